The molecule has 0 heterocycles. The third kappa shape index (κ3) is 4.31. The molecule has 0 aliphatic heterocycles. The fourth-order valence-electron chi connectivity index (χ4n) is 0.603. The summed E-state index contributed by atoms with van der Waals surface area (Å²) in [5.74, 6) is 0.103. The van der Waals surface area contributed by atoms with Gasteiger partial charge in [0.25, 0.3) is 0 Å². The van der Waals surface area contributed by atoms with Gasteiger partial charge in [0.15, 0.2) is 5.78 Å². The Morgan fingerprint density at radius 1 is 1.45 bits per heavy atom. The second-order valence-corrected chi connectivity index (χ2v) is 2.19. The predicted octanol–water partition coefficient (Wildman–Crippen LogP) is 2.65. The number of carbonyl (C=O) groups excluding carboxylic acids is 1. The van der Waals surface area contributed by atoms with Crippen molar-refractivity contribution in [3.05, 3.63) is 36.5 Å². The molecule has 0 amide bonds. The van der Waals surface area contributed by atoms with Crippen LogP contribution in [0.1, 0.15) is 20.3 Å². The lowest BCUT2D eigenvalue weighted by atomic mass is 10.1. The quantitative estimate of drug-likeness (QED) is 0.445. The molecule has 0 aromatic rings. The molecule has 0 aliphatic rings. The van der Waals surface area contributed by atoms with E-state index in [1.165, 1.54) is 0 Å². The molecule has 0 unspecified atom stereocenters. The standard InChI is InChI=1S/C10H14O/c1-4-6-7-8-9(3)10(11)5-2/h4,6-8H,3,5H2,1-2H3/b6-4-,8-7-. The average Bonchev–Trinajstić information content (AvgIpc) is 2.03. The number of hydrogen-bond donors (Lipinski definition) is 0. The van der Waals surface area contributed by atoms with Crippen LogP contribution in [0.15, 0.2) is 36.5 Å². The van der Waals surface area contributed by atoms with E-state index in [4.69, 9.17) is 0 Å². The molecule has 0 saturated carbocycles. The lowest BCUT2D eigenvalue weighted by Gasteiger charge is -1.91. The molecular weight excluding hydrogens is 136 g/mol. The number of ketones is 1. The summed E-state index contributed by atoms with van der Waals surface area (Å²) in [4.78, 5) is 10.9. The second-order valence-electron chi connectivity index (χ2n) is 2.19. The fraction of sp³-hybridized carbons (Fsp3) is 0.300. The van der Waals surface area contributed by atoms with Gasteiger partial charge in [-0.25, -0.2) is 0 Å². The maximum Gasteiger partial charge on any atom is 0.162 e. The second kappa shape index (κ2) is 5.66. The van der Waals surface area contributed by atoms with E-state index in [-0.39, 0.29) is 5.78 Å². The fourth-order valence-corrected chi connectivity index (χ4v) is 0.603. The Kier molecular flexibility index (Phi) is 5.09. The first kappa shape index (κ1) is 9.89. The van der Waals surface area contributed by atoms with Crippen LogP contribution >= 0.6 is 0 Å². The molecule has 0 saturated heterocycles. The minimum absolute atomic E-state index is 0.103. The maximum absolute atomic E-state index is 10.9. The van der Waals surface area contributed by atoms with Crippen LogP contribution in [0.2, 0.25) is 0 Å². The topological polar surface area (TPSA) is 17.1 Å². The van der Waals surface area contributed by atoms with E-state index in [9.17, 15) is 4.79 Å². The van der Waals surface area contributed by atoms with E-state index in [0.29, 0.717) is 12.0 Å². The molecule has 0 bridgehead atoms. The Bertz CT molecular complexity index is 197. The van der Waals surface area contributed by atoms with E-state index in [1.807, 2.05) is 32.1 Å². The Hall–Kier alpha value is -1.11. The molecule has 11 heavy (non-hydrogen) atoms. The van der Waals surface area contributed by atoms with Gasteiger partial charge in [-0.2, -0.15) is 0 Å². The highest BCUT2D eigenvalue weighted by Gasteiger charge is 1.97. The zero-order chi connectivity index (χ0) is 8.69. The summed E-state index contributed by atoms with van der Waals surface area (Å²) in [7, 11) is 0. The number of hydrogen-bond acceptors (Lipinski definition) is 1. The molecule has 0 aromatic heterocycles. The molecule has 0 radical (unpaired) electrons. The summed E-state index contributed by atoms with van der Waals surface area (Å²) in [5.41, 5.74) is 0.575. The Balaban J connectivity index is 3.97. The highest BCUT2D eigenvalue weighted by Crippen LogP contribution is 1.98. The molecule has 0 N–H and O–H groups in total. The molecule has 1 nitrogen and oxygen atoms in total. The smallest absolute Gasteiger partial charge is 0.162 e. The van der Waals surface area contributed by atoms with Crippen LogP contribution in [0.5, 0.6) is 0 Å². The molecule has 0 spiro atoms. The molecule has 1 heteroatoms. The highest BCUT2D eigenvalue weighted by molar-refractivity contribution is 5.97. The van der Waals surface area contributed by atoms with Crippen LogP contribution in [-0.4, -0.2) is 5.78 Å². The molecule has 60 valence electrons. The zero-order valence-corrected chi connectivity index (χ0v) is 7.13. The molecule has 0 aliphatic carbocycles. The van der Waals surface area contributed by atoms with Gasteiger partial charge < -0.3 is 0 Å². The van der Waals surface area contributed by atoms with Gasteiger partial charge in [-0.1, -0.05) is 37.8 Å². The molecule has 0 fully saturated rings. The first-order valence-corrected chi connectivity index (χ1v) is 3.73. The van der Waals surface area contributed by atoms with Crippen molar-refractivity contribution < 1.29 is 4.79 Å². The number of allylic oxidation sites excluding steroid dienone is 5. The van der Waals surface area contributed by atoms with E-state index in [0.717, 1.165) is 0 Å². The van der Waals surface area contributed by atoms with E-state index in [2.05, 4.69) is 6.58 Å². The van der Waals surface area contributed by atoms with Gasteiger partial charge in [0, 0.05) is 12.0 Å². The maximum atomic E-state index is 10.9. The van der Waals surface area contributed by atoms with Crippen molar-refractivity contribution >= 4 is 5.78 Å². The molecule has 0 aromatic carbocycles. The Morgan fingerprint density at radius 2 is 2.09 bits per heavy atom. The first-order valence-electron chi connectivity index (χ1n) is 3.73. The number of carbonyl (C=O) groups is 1. The van der Waals surface area contributed by atoms with Crippen molar-refractivity contribution in [1.29, 1.82) is 0 Å². The summed E-state index contributed by atoms with van der Waals surface area (Å²) in [6.07, 6.45) is 7.84. The van der Waals surface area contributed by atoms with Crippen LogP contribution in [0.4, 0.5) is 0 Å². The minimum Gasteiger partial charge on any atom is -0.294 e. The van der Waals surface area contributed by atoms with Crippen LogP contribution < -0.4 is 0 Å². The summed E-state index contributed by atoms with van der Waals surface area (Å²) in [6, 6.07) is 0. The van der Waals surface area contributed by atoms with E-state index >= 15 is 0 Å². The summed E-state index contributed by atoms with van der Waals surface area (Å²) >= 11 is 0. The van der Waals surface area contributed by atoms with Gasteiger partial charge in [-0.05, 0) is 6.92 Å². The predicted molar refractivity (Wildman–Crippen MR) is 48.4 cm³/mol. The van der Waals surface area contributed by atoms with Crippen LogP contribution in [-0.2, 0) is 4.79 Å². The van der Waals surface area contributed by atoms with Crippen molar-refractivity contribution in [3.63, 3.8) is 0 Å². The Labute approximate surface area is 68.1 Å². The van der Waals surface area contributed by atoms with Crippen molar-refractivity contribution in [3.8, 4) is 0 Å². The van der Waals surface area contributed by atoms with Gasteiger partial charge in [-0.15, -0.1) is 0 Å². The van der Waals surface area contributed by atoms with E-state index < -0.39 is 0 Å². The summed E-state index contributed by atoms with van der Waals surface area (Å²) in [5, 5.41) is 0. The Morgan fingerprint density at radius 3 is 2.55 bits per heavy atom. The largest absolute Gasteiger partial charge is 0.294 e. The number of Topliss-reactive ketones (excluding diaryl/α,β-unsaturated/α-hetero) is 1. The van der Waals surface area contributed by atoms with E-state index in [1.54, 1.807) is 6.08 Å². The lowest BCUT2D eigenvalue weighted by Crippen LogP contribution is -1.95. The highest BCUT2D eigenvalue weighted by atomic mass is 16.1. The van der Waals surface area contributed by atoms with Crippen molar-refractivity contribution in [2.45, 2.75) is 20.3 Å². The average molecular weight is 150 g/mol. The number of rotatable bonds is 4. The molecule has 0 rings (SSSR count). The van der Waals surface area contributed by atoms with Crippen LogP contribution in [0.25, 0.3) is 0 Å². The van der Waals surface area contributed by atoms with Gasteiger partial charge >= 0.3 is 0 Å². The van der Waals surface area contributed by atoms with Crippen molar-refractivity contribution in [2.24, 2.45) is 0 Å². The van der Waals surface area contributed by atoms with Gasteiger partial charge in [0.05, 0.1) is 0 Å². The summed E-state index contributed by atoms with van der Waals surface area (Å²) in [6.45, 7) is 7.38. The third-order valence-electron chi connectivity index (χ3n) is 1.28. The SMILES string of the molecule is C=C(/C=C\C=C/C)C(=O)CC. The van der Waals surface area contributed by atoms with Crippen molar-refractivity contribution in [2.75, 3.05) is 0 Å². The zero-order valence-electron chi connectivity index (χ0n) is 7.13. The summed E-state index contributed by atoms with van der Waals surface area (Å²) < 4.78 is 0. The lowest BCUT2D eigenvalue weighted by molar-refractivity contribution is -0.114. The van der Waals surface area contributed by atoms with Crippen LogP contribution in [0, 0.1) is 0 Å². The van der Waals surface area contributed by atoms with Gasteiger partial charge in [0.2, 0.25) is 0 Å². The van der Waals surface area contributed by atoms with Gasteiger partial charge in [-0.3, -0.25) is 4.79 Å². The monoisotopic (exact) mass is 150 g/mol. The minimum atomic E-state index is 0.103. The first-order chi connectivity index (χ1) is 5.22. The molecule has 0 atom stereocenters. The normalized spacial score (nSPS) is 11.1. The molecular formula is C10H14O. The van der Waals surface area contributed by atoms with Crippen LogP contribution in [0.3, 0.4) is 0 Å². The van der Waals surface area contributed by atoms with Gasteiger partial charge in [0.1, 0.15) is 0 Å². The third-order valence-corrected chi connectivity index (χ3v) is 1.28. The van der Waals surface area contributed by atoms with Crippen molar-refractivity contribution in [1.82, 2.24) is 0 Å².